The van der Waals surface area contributed by atoms with E-state index in [9.17, 15) is 9.59 Å². The van der Waals surface area contributed by atoms with Crippen molar-refractivity contribution < 1.29 is 19.1 Å². The average Bonchev–Trinajstić information content (AvgIpc) is 2.93. The molecule has 0 atom stereocenters. The topological polar surface area (TPSA) is 55.8 Å². The molecule has 2 amide bonds. The van der Waals surface area contributed by atoms with Crippen molar-refractivity contribution in [1.82, 2.24) is 4.90 Å². The second kappa shape index (κ2) is 10.1. The third kappa shape index (κ3) is 5.44. The fraction of sp³-hybridized carbons (Fsp3) is 0.200. The van der Waals surface area contributed by atoms with E-state index in [0.29, 0.717) is 37.8 Å². The molecule has 9 heteroatoms. The predicted octanol–water partition coefficient (Wildman–Crippen LogP) is 6.13. The molecule has 1 fully saturated rings. The van der Waals surface area contributed by atoms with Crippen LogP contribution in [0.3, 0.4) is 0 Å². The lowest BCUT2D eigenvalue weighted by Crippen LogP contribution is -2.31. The molecule has 0 radical (unpaired) electrons. The van der Waals surface area contributed by atoms with Crippen LogP contribution in [0.25, 0.3) is 6.08 Å². The van der Waals surface area contributed by atoms with Crippen molar-refractivity contribution in [3.05, 3.63) is 66.4 Å². The van der Waals surface area contributed by atoms with Gasteiger partial charge in [-0.05, 0) is 73.5 Å². The summed E-state index contributed by atoms with van der Waals surface area (Å²) in [6.07, 6.45) is 1.69. The quantitative estimate of drug-likeness (QED) is 0.381. The van der Waals surface area contributed by atoms with E-state index in [4.69, 9.17) is 21.1 Å². The third-order valence-corrected chi connectivity index (χ3v) is 6.50. The summed E-state index contributed by atoms with van der Waals surface area (Å²) < 4.78 is 12.3. The summed E-state index contributed by atoms with van der Waals surface area (Å²) in [6.45, 7) is 0.856. The number of halogens is 3. The van der Waals surface area contributed by atoms with Gasteiger partial charge in [-0.3, -0.25) is 14.5 Å². The maximum absolute atomic E-state index is 12.5. The van der Waals surface area contributed by atoms with Crippen LogP contribution in [0.15, 0.2) is 50.2 Å². The van der Waals surface area contributed by atoms with Gasteiger partial charge in [0.1, 0.15) is 12.4 Å². The van der Waals surface area contributed by atoms with Crippen LogP contribution < -0.4 is 4.74 Å². The van der Waals surface area contributed by atoms with Crippen molar-refractivity contribution in [2.24, 2.45) is 0 Å². The van der Waals surface area contributed by atoms with E-state index in [-0.39, 0.29) is 17.7 Å². The molecule has 0 saturated carbocycles. The standard InChI is InChI=1S/C20H16Br2ClNO4S/c1-27-7-6-24-19(25)17(29-20(24)26)10-12-8-14(21)18(15(22)9-12)28-11-13-4-2-3-5-16(13)23/h2-5,8-10H,6-7,11H2,1H3/b17-10+. The number of ether oxygens (including phenoxy) is 2. The van der Waals surface area contributed by atoms with Gasteiger partial charge in [-0.1, -0.05) is 29.8 Å². The Morgan fingerprint density at radius 3 is 2.52 bits per heavy atom. The molecule has 0 unspecified atom stereocenters. The van der Waals surface area contributed by atoms with Gasteiger partial charge in [0, 0.05) is 17.7 Å². The van der Waals surface area contributed by atoms with Crippen LogP contribution in [-0.4, -0.2) is 36.3 Å². The van der Waals surface area contributed by atoms with Gasteiger partial charge >= 0.3 is 0 Å². The van der Waals surface area contributed by atoms with Crippen LogP contribution in [-0.2, 0) is 16.1 Å². The summed E-state index contributed by atoms with van der Waals surface area (Å²) in [6, 6.07) is 11.1. The van der Waals surface area contributed by atoms with E-state index in [1.54, 1.807) is 6.08 Å². The van der Waals surface area contributed by atoms with E-state index in [0.717, 1.165) is 22.9 Å². The normalized spacial score (nSPS) is 15.4. The van der Waals surface area contributed by atoms with E-state index in [2.05, 4.69) is 31.9 Å². The highest BCUT2D eigenvalue weighted by atomic mass is 79.9. The third-order valence-electron chi connectivity index (χ3n) is 4.04. The summed E-state index contributed by atoms with van der Waals surface area (Å²) in [5.41, 5.74) is 1.63. The maximum Gasteiger partial charge on any atom is 0.293 e. The van der Waals surface area contributed by atoms with E-state index in [1.165, 1.54) is 12.0 Å². The molecule has 1 aliphatic rings. The van der Waals surface area contributed by atoms with Crippen LogP contribution in [0, 0.1) is 0 Å². The second-order valence-corrected chi connectivity index (χ2v) is 9.13. The van der Waals surface area contributed by atoms with Crippen molar-refractivity contribution in [2.75, 3.05) is 20.3 Å². The maximum atomic E-state index is 12.5. The molecule has 0 aromatic heterocycles. The predicted molar refractivity (Wildman–Crippen MR) is 122 cm³/mol. The van der Waals surface area contributed by atoms with Crippen molar-refractivity contribution in [1.29, 1.82) is 0 Å². The van der Waals surface area contributed by atoms with E-state index >= 15 is 0 Å². The van der Waals surface area contributed by atoms with Gasteiger partial charge in [0.05, 0.1) is 27.0 Å². The Bertz CT molecular complexity index is 960. The minimum atomic E-state index is -0.316. The van der Waals surface area contributed by atoms with Crippen molar-refractivity contribution >= 4 is 72.4 Å². The first kappa shape index (κ1) is 22.4. The molecule has 1 saturated heterocycles. The number of amides is 2. The number of thioether (sulfide) groups is 1. The van der Waals surface area contributed by atoms with Crippen LogP contribution in [0.4, 0.5) is 4.79 Å². The molecule has 29 heavy (non-hydrogen) atoms. The molecule has 1 aliphatic heterocycles. The van der Waals surface area contributed by atoms with Gasteiger partial charge in [0.25, 0.3) is 11.1 Å². The highest BCUT2D eigenvalue weighted by Crippen LogP contribution is 2.38. The lowest BCUT2D eigenvalue weighted by atomic mass is 10.2. The smallest absolute Gasteiger partial charge is 0.293 e. The highest BCUT2D eigenvalue weighted by molar-refractivity contribution is 9.11. The monoisotopic (exact) mass is 559 g/mol. The van der Waals surface area contributed by atoms with Gasteiger partial charge in [0.2, 0.25) is 0 Å². The van der Waals surface area contributed by atoms with Crippen LogP contribution in [0.2, 0.25) is 5.02 Å². The van der Waals surface area contributed by atoms with Gasteiger partial charge < -0.3 is 9.47 Å². The fourth-order valence-electron chi connectivity index (χ4n) is 2.59. The van der Waals surface area contributed by atoms with Gasteiger partial charge in [-0.2, -0.15) is 0 Å². The highest BCUT2D eigenvalue weighted by Gasteiger charge is 2.34. The molecule has 0 spiro atoms. The van der Waals surface area contributed by atoms with Crippen LogP contribution in [0.5, 0.6) is 5.75 Å². The summed E-state index contributed by atoms with van der Waals surface area (Å²) in [4.78, 5) is 26.1. The molecule has 0 N–H and O–H groups in total. The molecule has 2 aromatic carbocycles. The lowest BCUT2D eigenvalue weighted by molar-refractivity contribution is -0.123. The molecule has 0 bridgehead atoms. The van der Waals surface area contributed by atoms with Crippen LogP contribution in [0.1, 0.15) is 11.1 Å². The number of rotatable bonds is 7. The Labute approximate surface area is 194 Å². The summed E-state index contributed by atoms with van der Waals surface area (Å²) in [5.74, 6) is 0.304. The number of imide groups is 1. The molecule has 0 aliphatic carbocycles. The zero-order chi connectivity index (χ0) is 21.0. The molecule has 152 valence electrons. The first-order chi connectivity index (χ1) is 13.9. The summed E-state index contributed by atoms with van der Waals surface area (Å²) >= 11 is 14.1. The Morgan fingerprint density at radius 2 is 1.86 bits per heavy atom. The number of hydrogen-bond acceptors (Lipinski definition) is 5. The number of carbonyl (C=O) groups is 2. The van der Waals surface area contributed by atoms with E-state index < -0.39 is 0 Å². The number of benzene rings is 2. The van der Waals surface area contributed by atoms with Gasteiger partial charge in [-0.15, -0.1) is 0 Å². The number of hydrogen-bond donors (Lipinski definition) is 0. The zero-order valence-electron chi connectivity index (χ0n) is 15.3. The second-order valence-electron chi connectivity index (χ2n) is 6.02. The van der Waals surface area contributed by atoms with Crippen LogP contribution >= 0.6 is 55.2 Å². The van der Waals surface area contributed by atoms with E-state index in [1.807, 2.05) is 36.4 Å². The van der Waals surface area contributed by atoms with Gasteiger partial charge in [-0.25, -0.2) is 0 Å². The largest absolute Gasteiger partial charge is 0.486 e. The Kier molecular flexibility index (Phi) is 7.81. The minimum absolute atomic E-state index is 0.237. The Morgan fingerprint density at radius 1 is 1.17 bits per heavy atom. The number of carbonyl (C=O) groups excluding carboxylic acids is 2. The molecular weight excluding hydrogens is 546 g/mol. The van der Waals surface area contributed by atoms with Crippen molar-refractivity contribution in [3.8, 4) is 5.75 Å². The molecule has 2 aromatic rings. The zero-order valence-corrected chi connectivity index (χ0v) is 20.0. The Hall–Kier alpha value is -1.32. The van der Waals surface area contributed by atoms with Crippen molar-refractivity contribution in [3.63, 3.8) is 0 Å². The molecule has 3 rings (SSSR count). The first-order valence-corrected chi connectivity index (χ1v) is 11.3. The van der Waals surface area contributed by atoms with Crippen molar-refractivity contribution in [2.45, 2.75) is 6.61 Å². The number of methoxy groups -OCH3 is 1. The number of nitrogens with zero attached hydrogens (tertiary/aromatic N) is 1. The first-order valence-electron chi connectivity index (χ1n) is 8.50. The fourth-order valence-corrected chi connectivity index (χ4v) is 5.10. The summed E-state index contributed by atoms with van der Waals surface area (Å²) in [5, 5.41) is 0.344. The molecular formula is C20H16Br2ClNO4S. The SMILES string of the molecule is COCCN1C(=O)S/C(=C/c2cc(Br)c(OCc3ccccc3Cl)c(Br)c2)C1=O. The Balaban J connectivity index is 1.77. The minimum Gasteiger partial charge on any atom is -0.486 e. The molecule has 5 nitrogen and oxygen atoms in total. The van der Waals surface area contributed by atoms with Gasteiger partial charge in [0.15, 0.2) is 0 Å². The lowest BCUT2D eigenvalue weighted by Gasteiger charge is -2.12. The average molecular weight is 562 g/mol. The molecule has 1 heterocycles. The summed E-state index contributed by atoms with van der Waals surface area (Å²) in [7, 11) is 1.53.